The average Bonchev–Trinajstić information content (AvgIpc) is 1.57. The lowest BCUT2D eigenvalue weighted by Crippen LogP contribution is -2.26. The van der Waals surface area contributed by atoms with E-state index >= 15 is 0 Å². The molecule has 1 atom stereocenters. The first-order valence-electron chi connectivity index (χ1n) is 29.7. The maximum absolute atomic E-state index is 2.52. The highest BCUT2D eigenvalue weighted by Gasteiger charge is 2.52. The molecular formula is C83H54N2. The molecule has 2 heteroatoms. The molecule has 85 heavy (non-hydrogen) atoms. The van der Waals surface area contributed by atoms with Crippen molar-refractivity contribution in [3.05, 3.63) is 348 Å². The maximum atomic E-state index is 2.52. The van der Waals surface area contributed by atoms with Crippen molar-refractivity contribution in [3.63, 3.8) is 0 Å². The summed E-state index contributed by atoms with van der Waals surface area (Å²) in [7, 11) is 0. The highest BCUT2D eigenvalue weighted by molar-refractivity contribution is 6.16. The van der Waals surface area contributed by atoms with Crippen LogP contribution in [0, 0.1) is 0 Å². The Morgan fingerprint density at radius 2 is 0.871 bits per heavy atom. The summed E-state index contributed by atoms with van der Waals surface area (Å²) in [5.74, 6) is 0. The summed E-state index contributed by atoms with van der Waals surface area (Å²) in [6, 6.07) is 116. The topological polar surface area (TPSA) is 8.17 Å². The zero-order chi connectivity index (χ0) is 56.0. The average molecular weight is 1080 g/mol. The minimum absolute atomic E-state index is 0.467. The van der Waals surface area contributed by atoms with Gasteiger partial charge in [-0.2, -0.15) is 0 Å². The minimum Gasteiger partial charge on any atom is -0.310 e. The van der Waals surface area contributed by atoms with Gasteiger partial charge in [0.15, 0.2) is 0 Å². The fraction of sp³-hybridized carbons (Fsp3) is 0.0361. The first-order chi connectivity index (χ1) is 42.0. The molecule has 18 rings (SSSR count). The van der Waals surface area contributed by atoms with Crippen LogP contribution in [0.4, 0.5) is 17.1 Å². The second kappa shape index (κ2) is 18.1. The van der Waals surface area contributed by atoms with Crippen LogP contribution in [0.5, 0.6) is 0 Å². The van der Waals surface area contributed by atoms with Gasteiger partial charge in [0.2, 0.25) is 0 Å². The smallest absolute Gasteiger partial charge is 0.0726 e. The van der Waals surface area contributed by atoms with Crippen LogP contribution in [0.3, 0.4) is 0 Å². The van der Waals surface area contributed by atoms with Gasteiger partial charge in [0.25, 0.3) is 0 Å². The summed E-state index contributed by atoms with van der Waals surface area (Å²) < 4.78 is 2.50. The molecule has 0 aliphatic heterocycles. The minimum atomic E-state index is -0.476. The molecule has 0 radical (unpaired) electrons. The monoisotopic (exact) mass is 1080 g/mol. The molecule has 14 aromatic carbocycles. The first-order valence-corrected chi connectivity index (χ1v) is 29.7. The Labute approximate surface area is 494 Å². The lowest BCUT2D eigenvalue weighted by molar-refractivity contribution is 0.716. The van der Waals surface area contributed by atoms with E-state index in [0.717, 1.165) is 22.7 Å². The van der Waals surface area contributed by atoms with Gasteiger partial charge in [-0.05, 0) is 179 Å². The van der Waals surface area contributed by atoms with Gasteiger partial charge in [0.1, 0.15) is 0 Å². The Kier molecular flexibility index (Phi) is 10.2. The van der Waals surface area contributed by atoms with Crippen LogP contribution >= 0.6 is 0 Å². The molecule has 0 bridgehead atoms. The summed E-state index contributed by atoms with van der Waals surface area (Å²) in [6.45, 7) is 2.46. The van der Waals surface area contributed by atoms with Crippen LogP contribution in [0.15, 0.2) is 309 Å². The van der Waals surface area contributed by atoms with Crippen LogP contribution in [0.2, 0.25) is 0 Å². The maximum Gasteiger partial charge on any atom is 0.0726 e. The molecule has 0 fully saturated rings. The van der Waals surface area contributed by atoms with E-state index in [9.17, 15) is 0 Å². The Balaban J connectivity index is 0.832. The summed E-state index contributed by atoms with van der Waals surface area (Å²) in [6.07, 6.45) is 0. The van der Waals surface area contributed by atoms with Crippen LogP contribution < -0.4 is 4.90 Å². The first kappa shape index (κ1) is 47.8. The van der Waals surface area contributed by atoms with Crippen molar-refractivity contribution in [1.29, 1.82) is 0 Å². The molecule has 1 heterocycles. The standard InChI is InChI=1S/C83H54N2/c1-82(61-43-39-54-20-6-8-22-57(54)50-61)74-48-47-68-67-29-12-16-35-77(67)85(62-24-3-2-4-25-62)81(68)80(74)70-46-42-60(52-76(70)82)55-40-44-63(45-41-55)84(64-26-17-23-58(51-64)59-38-37-53-19-5-7-21-56(53)49-59)78-36-18-34-75-79(78)69-30-11-15-33-73(69)83(75)71-31-13-9-27-65(71)66-28-10-14-32-72(66)83/h2-52H,1H3. The largest absolute Gasteiger partial charge is 0.310 e. The molecule has 15 aromatic rings. The fourth-order valence-electron chi connectivity index (χ4n) is 15.6. The van der Waals surface area contributed by atoms with E-state index < -0.39 is 10.8 Å². The van der Waals surface area contributed by atoms with Crippen LogP contribution in [0.25, 0.3) is 105 Å². The molecule has 0 amide bonds. The van der Waals surface area contributed by atoms with Crippen molar-refractivity contribution in [1.82, 2.24) is 4.57 Å². The normalized spacial score (nSPS) is 14.8. The number of hydrogen-bond donors (Lipinski definition) is 0. The summed E-state index contributed by atoms with van der Waals surface area (Å²) >= 11 is 0. The quantitative estimate of drug-likeness (QED) is 0.154. The number of nitrogens with zero attached hydrogens (tertiary/aromatic N) is 2. The number of rotatable bonds is 7. The van der Waals surface area contributed by atoms with E-state index in [1.807, 2.05) is 0 Å². The van der Waals surface area contributed by atoms with E-state index in [0.29, 0.717) is 0 Å². The Morgan fingerprint density at radius 1 is 0.306 bits per heavy atom. The zero-order valence-electron chi connectivity index (χ0n) is 46.8. The van der Waals surface area contributed by atoms with Crippen molar-refractivity contribution >= 4 is 60.4 Å². The molecule has 1 spiro atoms. The number of fused-ring (bicyclic) bond motifs is 19. The van der Waals surface area contributed by atoms with E-state index in [2.05, 4.69) is 326 Å². The Hall–Kier alpha value is -10.8. The van der Waals surface area contributed by atoms with Gasteiger partial charge in [-0.3, -0.25) is 0 Å². The van der Waals surface area contributed by atoms with Crippen molar-refractivity contribution in [2.75, 3.05) is 4.90 Å². The van der Waals surface area contributed by atoms with E-state index in [1.165, 1.54) is 138 Å². The van der Waals surface area contributed by atoms with Gasteiger partial charge in [-0.1, -0.05) is 243 Å². The van der Waals surface area contributed by atoms with Crippen molar-refractivity contribution in [2.45, 2.75) is 17.8 Å². The van der Waals surface area contributed by atoms with Gasteiger partial charge < -0.3 is 9.47 Å². The highest BCUT2D eigenvalue weighted by atomic mass is 15.1. The number of benzene rings is 14. The lowest BCUT2D eigenvalue weighted by atomic mass is 9.70. The molecule has 3 aliphatic rings. The van der Waals surface area contributed by atoms with Crippen LogP contribution in [-0.2, 0) is 10.8 Å². The third kappa shape index (κ3) is 6.71. The molecule has 3 aliphatic carbocycles. The molecule has 0 N–H and O–H groups in total. The molecule has 0 saturated carbocycles. The highest BCUT2D eigenvalue weighted by Crippen LogP contribution is 2.65. The van der Waals surface area contributed by atoms with Crippen molar-refractivity contribution in [2.24, 2.45) is 0 Å². The molecule has 1 unspecified atom stereocenters. The van der Waals surface area contributed by atoms with E-state index in [1.54, 1.807) is 0 Å². The van der Waals surface area contributed by atoms with Crippen LogP contribution in [0.1, 0.15) is 45.9 Å². The SMILES string of the molecule is CC1(c2ccc3ccccc3c2)c2cc(-c3ccc(N(c4cccc(-c5ccc6ccccc6c5)c4)c4cccc5c4-c4ccccc4C54c5ccccc5-c5ccccc54)cc3)ccc2-c2c1ccc1c3ccccc3n(-c3ccccc3)c21. The third-order valence-electron chi connectivity index (χ3n) is 19.4. The summed E-state index contributed by atoms with van der Waals surface area (Å²) in [4.78, 5) is 2.52. The zero-order valence-corrected chi connectivity index (χ0v) is 46.8. The van der Waals surface area contributed by atoms with Gasteiger partial charge in [0.05, 0.1) is 22.1 Å². The van der Waals surface area contributed by atoms with Crippen molar-refractivity contribution in [3.8, 4) is 61.3 Å². The molecular weight excluding hydrogens is 1020 g/mol. The fourth-order valence-corrected chi connectivity index (χ4v) is 15.6. The predicted molar refractivity (Wildman–Crippen MR) is 355 cm³/mol. The Bertz CT molecular complexity index is 5230. The molecule has 396 valence electrons. The van der Waals surface area contributed by atoms with Crippen molar-refractivity contribution < 1.29 is 0 Å². The summed E-state index contributed by atoms with van der Waals surface area (Å²) in [5.41, 5.74) is 27.7. The molecule has 0 saturated heterocycles. The lowest BCUT2D eigenvalue weighted by Gasteiger charge is -2.32. The van der Waals surface area contributed by atoms with Crippen LogP contribution in [-0.4, -0.2) is 4.57 Å². The van der Waals surface area contributed by atoms with E-state index in [4.69, 9.17) is 0 Å². The molecule has 2 nitrogen and oxygen atoms in total. The van der Waals surface area contributed by atoms with E-state index in [-0.39, 0.29) is 0 Å². The van der Waals surface area contributed by atoms with Gasteiger partial charge >= 0.3 is 0 Å². The second-order valence-corrected chi connectivity index (χ2v) is 23.6. The number of para-hydroxylation sites is 2. The predicted octanol–water partition coefficient (Wildman–Crippen LogP) is 21.6. The van der Waals surface area contributed by atoms with Gasteiger partial charge in [0, 0.05) is 44.4 Å². The summed E-state index contributed by atoms with van der Waals surface area (Å²) in [5, 5.41) is 7.48. The molecule has 1 aromatic heterocycles. The third-order valence-corrected chi connectivity index (χ3v) is 19.4. The number of aromatic nitrogens is 1. The number of hydrogen-bond acceptors (Lipinski definition) is 1. The van der Waals surface area contributed by atoms with Gasteiger partial charge in [-0.15, -0.1) is 0 Å². The number of anilines is 3. The second-order valence-electron chi connectivity index (χ2n) is 23.6. The van der Waals surface area contributed by atoms with Gasteiger partial charge in [-0.25, -0.2) is 0 Å². The Morgan fingerprint density at radius 3 is 1.64 bits per heavy atom.